The fourth-order valence-corrected chi connectivity index (χ4v) is 5.37. The lowest BCUT2D eigenvalue weighted by atomic mass is 9.88. The first-order valence-electron chi connectivity index (χ1n) is 12.8. The first kappa shape index (κ1) is 26.8. The van der Waals surface area contributed by atoms with Crippen molar-refractivity contribution in [2.75, 3.05) is 78.4 Å². The number of nitrogens with one attached hydrogen (secondary N) is 3. The summed E-state index contributed by atoms with van der Waals surface area (Å²) in [7, 11) is -0.290. The van der Waals surface area contributed by atoms with E-state index in [1.165, 1.54) is 17.6 Å². The monoisotopic (exact) mass is 553 g/mol. The molecule has 0 bridgehead atoms. The molecule has 0 radical (unpaired) electrons. The predicted octanol–water partition coefficient (Wildman–Crippen LogP) is 3.91. The predicted molar refractivity (Wildman–Crippen MR) is 156 cm³/mol. The molecule has 2 aliphatic heterocycles. The Morgan fingerprint density at radius 1 is 1.08 bits per heavy atom. The van der Waals surface area contributed by atoms with E-state index in [0.717, 1.165) is 35.8 Å². The third kappa shape index (κ3) is 5.52. The standard InChI is InChI=1S/C27H35N7O4S/c1-27(2)17-28-24-23(27)25(29-19-8-6-7-9-21(19)33(3)39(5,35)36)32-26(31-24)30-20-11-10-18(16-22(20)37-4)34-12-14-38-15-13-34/h6-11,16H,12-15,17H2,1-5H3,(H3,28,29,30,31,32). The van der Waals surface area contributed by atoms with Crippen molar-refractivity contribution in [3.8, 4) is 5.75 Å². The molecule has 0 spiro atoms. The van der Waals surface area contributed by atoms with Crippen LogP contribution < -0.4 is 29.9 Å². The van der Waals surface area contributed by atoms with E-state index in [2.05, 4.69) is 34.7 Å². The van der Waals surface area contributed by atoms with Gasteiger partial charge in [0.05, 0.1) is 43.6 Å². The average molecular weight is 554 g/mol. The Morgan fingerprint density at radius 2 is 1.82 bits per heavy atom. The summed E-state index contributed by atoms with van der Waals surface area (Å²) >= 11 is 0. The first-order chi connectivity index (χ1) is 18.6. The molecule has 12 heteroatoms. The molecule has 0 aliphatic carbocycles. The zero-order chi connectivity index (χ0) is 27.8. The van der Waals surface area contributed by atoms with Gasteiger partial charge in [0, 0.05) is 49.4 Å². The van der Waals surface area contributed by atoms with Crippen LogP contribution in [-0.2, 0) is 20.2 Å². The molecule has 39 heavy (non-hydrogen) atoms. The number of hydrogen-bond donors (Lipinski definition) is 3. The molecule has 0 atom stereocenters. The van der Waals surface area contributed by atoms with Crippen LogP contribution >= 0.6 is 0 Å². The summed E-state index contributed by atoms with van der Waals surface area (Å²) in [5.41, 5.74) is 3.62. The van der Waals surface area contributed by atoms with Crippen molar-refractivity contribution >= 4 is 50.4 Å². The van der Waals surface area contributed by atoms with E-state index in [0.29, 0.717) is 48.6 Å². The van der Waals surface area contributed by atoms with Crippen molar-refractivity contribution in [2.45, 2.75) is 19.3 Å². The Labute approximate surface area is 229 Å². The van der Waals surface area contributed by atoms with Gasteiger partial charge in [-0.3, -0.25) is 4.31 Å². The van der Waals surface area contributed by atoms with E-state index < -0.39 is 10.0 Å². The Balaban J connectivity index is 1.51. The van der Waals surface area contributed by atoms with Crippen LogP contribution in [0.1, 0.15) is 19.4 Å². The summed E-state index contributed by atoms with van der Waals surface area (Å²) < 4.78 is 37.0. The number of rotatable bonds is 8. The number of benzene rings is 2. The van der Waals surface area contributed by atoms with Crippen molar-refractivity contribution in [1.82, 2.24) is 9.97 Å². The fourth-order valence-electron chi connectivity index (χ4n) is 4.85. The number of hydrogen-bond acceptors (Lipinski definition) is 10. The second-order valence-corrected chi connectivity index (χ2v) is 12.4. The Kier molecular flexibility index (Phi) is 7.17. The van der Waals surface area contributed by atoms with Gasteiger partial charge in [0.15, 0.2) is 0 Å². The largest absolute Gasteiger partial charge is 0.494 e. The third-order valence-electron chi connectivity index (χ3n) is 7.09. The number of ether oxygens (including phenoxy) is 2. The van der Waals surface area contributed by atoms with Crippen LogP contribution in [0.5, 0.6) is 5.75 Å². The summed E-state index contributed by atoms with van der Waals surface area (Å²) in [6.07, 6.45) is 1.18. The average Bonchev–Trinajstić information content (AvgIpc) is 3.23. The zero-order valence-corrected chi connectivity index (χ0v) is 23.7. The van der Waals surface area contributed by atoms with E-state index in [1.807, 2.05) is 30.3 Å². The van der Waals surface area contributed by atoms with Crippen molar-refractivity contribution < 1.29 is 17.9 Å². The summed E-state index contributed by atoms with van der Waals surface area (Å²) in [5.74, 6) is 2.37. The van der Waals surface area contributed by atoms with Gasteiger partial charge < -0.3 is 30.3 Å². The number of nitrogens with zero attached hydrogens (tertiary/aromatic N) is 4. The molecule has 0 saturated carbocycles. The summed E-state index contributed by atoms with van der Waals surface area (Å²) in [6, 6.07) is 13.3. The van der Waals surface area contributed by atoms with E-state index in [1.54, 1.807) is 19.2 Å². The number of aromatic nitrogens is 2. The van der Waals surface area contributed by atoms with E-state index in [-0.39, 0.29) is 5.41 Å². The number of methoxy groups -OCH3 is 1. The number of fused-ring (bicyclic) bond motifs is 1. The molecular weight excluding hydrogens is 518 g/mol. The Morgan fingerprint density at radius 3 is 2.54 bits per heavy atom. The lowest BCUT2D eigenvalue weighted by Crippen LogP contribution is -2.36. The molecule has 11 nitrogen and oxygen atoms in total. The van der Waals surface area contributed by atoms with E-state index >= 15 is 0 Å². The van der Waals surface area contributed by atoms with E-state index in [9.17, 15) is 8.42 Å². The summed E-state index contributed by atoms with van der Waals surface area (Å²) in [6.45, 7) is 8.00. The second kappa shape index (κ2) is 10.4. The number of para-hydroxylation sites is 2. The highest BCUT2D eigenvalue weighted by Gasteiger charge is 2.35. The molecule has 1 fully saturated rings. The molecule has 3 aromatic rings. The summed E-state index contributed by atoms with van der Waals surface area (Å²) in [5, 5.41) is 10.1. The van der Waals surface area contributed by atoms with Crippen molar-refractivity contribution in [3.05, 3.63) is 48.0 Å². The van der Waals surface area contributed by atoms with Gasteiger partial charge in [-0.05, 0) is 24.3 Å². The van der Waals surface area contributed by atoms with Gasteiger partial charge in [0.2, 0.25) is 16.0 Å². The molecule has 2 aromatic carbocycles. The van der Waals surface area contributed by atoms with Gasteiger partial charge in [-0.1, -0.05) is 26.0 Å². The van der Waals surface area contributed by atoms with Crippen molar-refractivity contribution in [1.29, 1.82) is 0 Å². The molecular formula is C27H35N7O4S. The van der Waals surface area contributed by atoms with E-state index in [4.69, 9.17) is 19.4 Å². The molecule has 2 aliphatic rings. The summed E-state index contributed by atoms with van der Waals surface area (Å²) in [4.78, 5) is 11.9. The minimum absolute atomic E-state index is 0.245. The van der Waals surface area contributed by atoms with Crippen LogP contribution in [0.4, 0.5) is 40.3 Å². The Hall–Kier alpha value is -3.77. The van der Waals surface area contributed by atoms with Crippen LogP contribution in [0.3, 0.4) is 0 Å². The Bertz CT molecular complexity index is 1470. The van der Waals surface area contributed by atoms with Crippen molar-refractivity contribution in [2.24, 2.45) is 0 Å². The molecule has 5 rings (SSSR count). The number of sulfonamides is 1. The van der Waals surface area contributed by atoms with Gasteiger partial charge >= 0.3 is 0 Å². The maximum absolute atomic E-state index is 12.3. The van der Waals surface area contributed by atoms with Gasteiger partial charge in [0.25, 0.3) is 0 Å². The highest BCUT2D eigenvalue weighted by molar-refractivity contribution is 7.92. The lowest BCUT2D eigenvalue weighted by Gasteiger charge is -2.29. The van der Waals surface area contributed by atoms with Gasteiger partial charge in [-0.25, -0.2) is 8.42 Å². The molecule has 1 aromatic heterocycles. The molecule has 0 amide bonds. The van der Waals surface area contributed by atoms with Crippen LogP contribution in [0.2, 0.25) is 0 Å². The van der Waals surface area contributed by atoms with Gasteiger partial charge in [-0.15, -0.1) is 0 Å². The molecule has 208 valence electrons. The zero-order valence-electron chi connectivity index (χ0n) is 22.9. The minimum Gasteiger partial charge on any atom is -0.494 e. The topological polar surface area (TPSA) is 121 Å². The van der Waals surface area contributed by atoms with Gasteiger partial charge in [0.1, 0.15) is 17.4 Å². The van der Waals surface area contributed by atoms with Crippen LogP contribution in [0, 0.1) is 0 Å². The quantitative estimate of drug-likeness (QED) is 0.379. The van der Waals surface area contributed by atoms with Crippen LogP contribution in [0.15, 0.2) is 42.5 Å². The molecule has 3 N–H and O–H groups in total. The normalized spacial score (nSPS) is 16.3. The first-order valence-corrected chi connectivity index (χ1v) is 14.7. The maximum atomic E-state index is 12.3. The molecule has 3 heterocycles. The maximum Gasteiger partial charge on any atom is 0.232 e. The van der Waals surface area contributed by atoms with Crippen molar-refractivity contribution in [3.63, 3.8) is 0 Å². The smallest absolute Gasteiger partial charge is 0.232 e. The minimum atomic E-state index is -3.46. The van der Waals surface area contributed by atoms with Crippen LogP contribution in [0.25, 0.3) is 0 Å². The van der Waals surface area contributed by atoms with Crippen LogP contribution in [-0.4, -0.2) is 71.6 Å². The third-order valence-corrected chi connectivity index (χ3v) is 8.28. The lowest BCUT2D eigenvalue weighted by molar-refractivity contribution is 0.122. The number of morpholine rings is 1. The molecule has 0 unspecified atom stereocenters. The van der Waals surface area contributed by atoms with Gasteiger partial charge in [-0.2, -0.15) is 9.97 Å². The highest BCUT2D eigenvalue weighted by Crippen LogP contribution is 2.42. The number of anilines is 7. The highest BCUT2D eigenvalue weighted by atomic mass is 32.2. The second-order valence-electron chi connectivity index (χ2n) is 10.3. The molecule has 1 saturated heterocycles. The SMILES string of the molecule is COc1cc(N2CCOCC2)ccc1Nc1nc2c(c(Nc3ccccc3N(C)S(C)(=O)=O)n1)C(C)(C)CN2. The fraction of sp³-hybridized carbons (Fsp3) is 0.407.